The monoisotopic (exact) mass is 277 g/mol. The Bertz CT molecular complexity index is 487. The lowest BCUT2D eigenvalue weighted by atomic mass is 9.93. The van der Waals surface area contributed by atoms with Crippen molar-refractivity contribution in [3.05, 3.63) is 23.8 Å². The molecule has 1 amide bonds. The highest BCUT2D eigenvalue weighted by molar-refractivity contribution is 5.95. The molecule has 3 unspecified atom stereocenters. The predicted molar refractivity (Wildman–Crippen MR) is 78.1 cm³/mol. The Hall–Kier alpha value is -1.71. The Balaban J connectivity index is 2.04. The van der Waals surface area contributed by atoms with Crippen LogP contribution in [0.1, 0.15) is 43.5 Å². The van der Waals surface area contributed by atoms with Gasteiger partial charge in [-0.25, -0.2) is 0 Å². The van der Waals surface area contributed by atoms with E-state index < -0.39 is 0 Å². The molecule has 1 aliphatic rings. The van der Waals surface area contributed by atoms with Crippen molar-refractivity contribution in [1.82, 2.24) is 5.32 Å². The number of phenolic OH excluding ortho intramolecular Hbond substituents is 1. The number of carbonyl (C=O) groups is 1. The molecule has 1 saturated carbocycles. The van der Waals surface area contributed by atoms with E-state index in [1.54, 1.807) is 12.1 Å². The zero-order valence-corrected chi connectivity index (χ0v) is 12.3. The standard InChI is InChI=1S/C16H23NO3/c1-4-11-5-7-13(10(11)2)17-16(19)12-6-8-15(20-3)14(18)9-12/h6,8-11,13,18H,4-5,7H2,1-3H3,(H,17,19). The summed E-state index contributed by atoms with van der Waals surface area (Å²) in [6, 6.07) is 4.96. The highest BCUT2D eigenvalue weighted by atomic mass is 16.5. The van der Waals surface area contributed by atoms with Crippen molar-refractivity contribution in [3.63, 3.8) is 0 Å². The first-order valence-electron chi connectivity index (χ1n) is 7.24. The number of rotatable bonds is 4. The fraction of sp³-hybridized carbons (Fsp3) is 0.562. The van der Waals surface area contributed by atoms with Gasteiger partial charge in [0.15, 0.2) is 11.5 Å². The molecule has 0 aliphatic heterocycles. The number of amides is 1. The topological polar surface area (TPSA) is 58.6 Å². The van der Waals surface area contributed by atoms with Gasteiger partial charge < -0.3 is 15.2 Å². The van der Waals surface area contributed by atoms with Gasteiger partial charge in [0, 0.05) is 11.6 Å². The second-order valence-electron chi connectivity index (χ2n) is 5.57. The third kappa shape index (κ3) is 2.89. The van der Waals surface area contributed by atoms with Gasteiger partial charge in [-0.3, -0.25) is 4.79 Å². The molecule has 0 aromatic heterocycles. The maximum absolute atomic E-state index is 12.2. The number of hydrogen-bond donors (Lipinski definition) is 2. The Morgan fingerprint density at radius 3 is 2.75 bits per heavy atom. The highest BCUT2D eigenvalue weighted by Gasteiger charge is 2.32. The van der Waals surface area contributed by atoms with Gasteiger partial charge in [0.05, 0.1) is 7.11 Å². The molecule has 4 nitrogen and oxygen atoms in total. The lowest BCUT2D eigenvalue weighted by Gasteiger charge is -2.21. The lowest BCUT2D eigenvalue weighted by Crippen LogP contribution is -2.37. The average Bonchev–Trinajstić information content (AvgIpc) is 2.79. The van der Waals surface area contributed by atoms with Crippen molar-refractivity contribution in [3.8, 4) is 11.5 Å². The molecule has 4 heteroatoms. The minimum atomic E-state index is -0.128. The third-order valence-electron chi connectivity index (χ3n) is 4.51. The van der Waals surface area contributed by atoms with Crippen LogP contribution in [0, 0.1) is 11.8 Å². The first-order valence-corrected chi connectivity index (χ1v) is 7.24. The summed E-state index contributed by atoms with van der Waals surface area (Å²) in [7, 11) is 1.49. The zero-order chi connectivity index (χ0) is 14.7. The van der Waals surface area contributed by atoms with E-state index in [0.29, 0.717) is 23.1 Å². The van der Waals surface area contributed by atoms with Gasteiger partial charge in [0.2, 0.25) is 0 Å². The molecule has 20 heavy (non-hydrogen) atoms. The molecule has 2 N–H and O–H groups in total. The first-order chi connectivity index (χ1) is 9.56. The number of methoxy groups -OCH3 is 1. The van der Waals surface area contributed by atoms with E-state index in [4.69, 9.17) is 4.74 Å². The van der Waals surface area contributed by atoms with Crippen molar-refractivity contribution in [2.75, 3.05) is 7.11 Å². The van der Waals surface area contributed by atoms with Crippen molar-refractivity contribution in [2.24, 2.45) is 11.8 Å². The molecule has 2 rings (SSSR count). The highest BCUT2D eigenvalue weighted by Crippen LogP contribution is 2.34. The Labute approximate surface area is 120 Å². The maximum Gasteiger partial charge on any atom is 0.251 e. The molecule has 1 aromatic rings. The second kappa shape index (κ2) is 6.16. The van der Waals surface area contributed by atoms with E-state index in [1.165, 1.54) is 19.6 Å². The maximum atomic E-state index is 12.2. The molecule has 0 bridgehead atoms. The lowest BCUT2D eigenvalue weighted by molar-refractivity contribution is 0.0926. The van der Waals surface area contributed by atoms with Crippen LogP contribution < -0.4 is 10.1 Å². The SMILES string of the molecule is CCC1CCC(NC(=O)c2ccc(OC)c(O)c2)C1C. The second-order valence-corrected chi connectivity index (χ2v) is 5.57. The summed E-state index contributed by atoms with van der Waals surface area (Å²) in [6.07, 6.45) is 3.38. The summed E-state index contributed by atoms with van der Waals surface area (Å²) < 4.78 is 4.98. The zero-order valence-electron chi connectivity index (χ0n) is 12.3. The van der Waals surface area contributed by atoms with E-state index in [9.17, 15) is 9.90 Å². The molecular weight excluding hydrogens is 254 g/mol. The van der Waals surface area contributed by atoms with Crippen molar-refractivity contribution in [2.45, 2.75) is 39.2 Å². The van der Waals surface area contributed by atoms with Crippen molar-refractivity contribution >= 4 is 5.91 Å². The van der Waals surface area contributed by atoms with Crippen LogP contribution in [0.5, 0.6) is 11.5 Å². The molecule has 0 saturated heterocycles. The molecule has 0 spiro atoms. The van der Waals surface area contributed by atoms with Gasteiger partial charge in [0.25, 0.3) is 5.91 Å². The summed E-state index contributed by atoms with van der Waals surface area (Å²) >= 11 is 0. The van der Waals surface area contributed by atoms with E-state index in [2.05, 4.69) is 19.2 Å². The fourth-order valence-electron chi connectivity index (χ4n) is 3.11. The molecule has 0 heterocycles. The number of benzene rings is 1. The predicted octanol–water partition coefficient (Wildman–Crippen LogP) is 2.96. The van der Waals surface area contributed by atoms with Crippen LogP contribution in [0.25, 0.3) is 0 Å². The Morgan fingerprint density at radius 1 is 1.45 bits per heavy atom. The average molecular weight is 277 g/mol. The Morgan fingerprint density at radius 2 is 2.20 bits per heavy atom. The van der Waals surface area contributed by atoms with Crippen LogP contribution in [0.15, 0.2) is 18.2 Å². The van der Waals surface area contributed by atoms with Crippen LogP contribution in [-0.4, -0.2) is 24.2 Å². The molecule has 1 aromatic carbocycles. The van der Waals surface area contributed by atoms with Gasteiger partial charge in [-0.2, -0.15) is 0 Å². The Kier molecular flexibility index (Phi) is 4.53. The first kappa shape index (κ1) is 14.7. The number of nitrogens with one attached hydrogen (secondary N) is 1. The molecule has 110 valence electrons. The minimum Gasteiger partial charge on any atom is -0.504 e. The summed E-state index contributed by atoms with van der Waals surface area (Å²) in [4.78, 5) is 12.2. The summed E-state index contributed by atoms with van der Waals surface area (Å²) in [5.74, 6) is 1.45. The van der Waals surface area contributed by atoms with E-state index in [-0.39, 0.29) is 17.7 Å². The van der Waals surface area contributed by atoms with Gasteiger partial charge in [0.1, 0.15) is 0 Å². The molecular formula is C16H23NO3. The van der Waals surface area contributed by atoms with E-state index in [1.807, 2.05) is 0 Å². The van der Waals surface area contributed by atoms with Gasteiger partial charge >= 0.3 is 0 Å². The number of phenols is 1. The van der Waals surface area contributed by atoms with Crippen LogP contribution >= 0.6 is 0 Å². The number of hydrogen-bond acceptors (Lipinski definition) is 3. The normalized spacial score (nSPS) is 25.4. The van der Waals surface area contributed by atoms with Crippen LogP contribution in [-0.2, 0) is 0 Å². The smallest absolute Gasteiger partial charge is 0.251 e. The van der Waals surface area contributed by atoms with Gasteiger partial charge in [-0.05, 0) is 42.9 Å². The van der Waals surface area contributed by atoms with Crippen LogP contribution in [0.2, 0.25) is 0 Å². The number of carbonyl (C=O) groups excluding carboxylic acids is 1. The molecule has 3 atom stereocenters. The van der Waals surface area contributed by atoms with Crippen molar-refractivity contribution in [1.29, 1.82) is 0 Å². The summed E-state index contributed by atoms with van der Waals surface area (Å²) in [6.45, 7) is 4.41. The molecule has 0 radical (unpaired) electrons. The van der Waals surface area contributed by atoms with Crippen molar-refractivity contribution < 1.29 is 14.6 Å². The molecule has 1 aliphatic carbocycles. The minimum absolute atomic E-state index is 0.00828. The van der Waals surface area contributed by atoms with Crippen LogP contribution in [0.3, 0.4) is 0 Å². The number of aromatic hydroxyl groups is 1. The quantitative estimate of drug-likeness (QED) is 0.889. The largest absolute Gasteiger partial charge is 0.504 e. The van der Waals surface area contributed by atoms with E-state index in [0.717, 1.165) is 12.8 Å². The molecule has 1 fully saturated rings. The van der Waals surface area contributed by atoms with Gasteiger partial charge in [-0.15, -0.1) is 0 Å². The number of ether oxygens (including phenoxy) is 1. The summed E-state index contributed by atoms with van der Waals surface area (Å²) in [5, 5.41) is 12.8. The van der Waals surface area contributed by atoms with Gasteiger partial charge in [-0.1, -0.05) is 20.3 Å². The summed E-state index contributed by atoms with van der Waals surface area (Å²) in [5.41, 5.74) is 0.468. The fourth-order valence-corrected chi connectivity index (χ4v) is 3.11. The van der Waals surface area contributed by atoms with E-state index >= 15 is 0 Å². The van der Waals surface area contributed by atoms with Crippen LogP contribution in [0.4, 0.5) is 0 Å². The third-order valence-corrected chi connectivity index (χ3v) is 4.51.